The zero-order chi connectivity index (χ0) is 17.7. The molecule has 0 aromatic rings. The molecule has 0 aliphatic carbocycles. The predicted octanol–water partition coefficient (Wildman–Crippen LogP) is 6.44. The average molecular weight is 331 g/mol. The number of carbonyl (C=O) groups is 1. The topological polar surface area (TPSA) is 37.3 Å². The number of hydrogen-bond donors (Lipinski definition) is 1. The van der Waals surface area contributed by atoms with Gasteiger partial charge in [-0.2, -0.15) is 0 Å². The van der Waals surface area contributed by atoms with E-state index in [0.717, 1.165) is 25.3 Å². The molecule has 0 fully saturated rings. The zero-order valence-electron chi connectivity index (χ0n) is 15.3. The Labute approximate surface area is 148 Å². The second-order valence-electron chi connectivity index (χ2n) is 5.98. The summed E-state index contributed by atoms with van der Waals surface area (Å²) in [4.78, 5) is 10.2. The monoisotopic (exact) mass is 330 g/mol. The molecule has 0 saturated heterocycles. The quantitative estimate of drug-likeness (QED) is 0.172. The summed E-state index contributed by atoms with van der Waals surface area (Å²) in [6, 6.07) is 0. The van der Waals surface area contributed by atoms with E-state index in [1.165, 1.54) is 63.9 Å². The highest BCUT2D eigenvalue weighted by molar-refractivity contribution is 5.80. The number of carboxylic acid groups (broad SMARTS) is 1. The summed E-state index contributed by atoms with van der Waals surface area (Å²) >= 11 is 0. The van der Waals surface area contributed by atoms with Gasteiger partial charge in [-0.25, -0.2) is 4.79 Å². The van der Waals surface area contributed by atoms with Crippen molar-refractivity contribution < 1.29 is 9.90 Å². The second-order valence-corrected chi connectivity index (χ2v) is 5.98. The highest BCUT2D eigenvalue weighted by Gasteiger charge is 1.91. The van der Waals surface area contributed by atoms with Crippen LogP contribution in [0.25, 0.3) is 0 Å². The maximum absolute atomic E-state index is 10.2. The molecule has 0 aromatic carbocycles. The molecule has 0 atom stereocenters. The van der Waals surface area contributed by atoms with E-state index in [2.05, 4.69) is 24.8 Å². The third kappa shape index (κ3) is 20.2. The van der Waals surface area contributed by atoms with Gasteiger partial charge >= 0.3 is 5.97 Å². The van der Waals surface area contributed by atoms with Crippen LogP contribution in [0.3, 0.4) is 0 Å². The van der Waals surface area contributed by atoms with Crippen molar-refractivity contribution in [3.8, 4) is 11.8 Å². The smallest absolute Gasteiger partial charge is 0.328 e. The van der Waals surface area contributed by atoms with E-state index in [4.69, 9.17) is 5.11 Å². The first-order chi connectivity index (χ1) is 11.8. The first kappa shape index (κ1) is 22.2. The van der Waals surface area contributed by atoms with Crippen molar-refractivity contribution in [2.24, 2.45) is 0 Å². The summed E-state index contributed by atoms with van der Waals surface area (Å²) < 4.78 is 0. The molecular formula is C22H34O2. The fourth-order valence-electron chi connectivity index (χ4n) is 2.28. The Balaban J connectivity index is 3.26. The van der Waals surface area contributed by atoms with Gasteiger partial charge in [-0.05, 0) is 25.7 Å². The van der Waals surface area contributed by atoms with Gasteiger partial charge < -0.3 is 5.11 Å². The van der Waals surface area contributed by atoms with Gasteiger partial charge in [0.15, 0.2) is 0 Å². The minimum atomic E-state index is -0.913. The molecule has 0 heterocycles. The number of rotatable bonds is 14. The molecule has 0 spiro atoms. The van der Waals surface area contributed by atoms with Crippen molar-refractivity contribution in [3.05, 3.63) is 36.5 Å². The first-order valence-electron chi connectivity index (χ1n) is 9.46. The van der Waals surface area contributed by atoms with E-state index >= 15 is 0 Å². The molecular weight excluding hydrogens is 296 g/mol. The summed E-state index contributed by atoms with van der Waals surface area (Å²) in [7, 11) is 0. The van der Waals surface area contributed by atoms with Crippen LogP contribution in [0.2, 0.25) is 0 Å². The maximum Gasteiger partial charge on any atom is 0.328 e. The molecule has 0 rings (SSSR count). The van der Waals surface area contributed by atoms with Crippen molar-refractivity contribution in [3.63, 3.8) is 0 Å². The Morgan fingerprint density at radius 2 is 1.38 bits per heavy atom. The fourth-order valence-corrected chi connectivity index (χ4v) is 2.28. The fraction of sp³-hybridized carbons (Fsp3) is 0.591. The molecule has 24 heavy (non-hydrogen) atoms. The summed E-state index contributed by atoms with van der Waals surface area (Å²) in [5.41, 5.74) is 0. The summed E-state index contributed by atoms with van der Waals surface area (Å²) in [5, 5.41) is 8.41. The number of allylic oxidation sites excluding steroid dienone is 5. The Morgan fingerprint density at radius 1 is 0.792 bits per heavy atom. The van der Waals surface area contributed by atoms with Gasteiger partial charge in [0.25, 0.3) is 0 Å². The zero-order valence-corrected chi connectivity index (χ0v) is 15.3. The highest BCUT2D eigenvalue weighted by atomic mass is 16.4. The molecule has 2 heteroatoms. The van der Waals surface area contributed by atoms with Crippen molar-refractivity contribution in [1.82, 2.24) is 0 Å². The van der Waals surface area contributed by atoms with Gasteiger partial charge in [-0.1, -0.05) is 75.8 Å². The number of aliphatic carboxylic acids is 1. The SMILES string of the molecule is CCCC#CCCCCCCCCCCC=CC=CC=CC(=O)O. The predicted molar refractivity (Wildman–Crippen MR) is 104 cm³/mol. The van der Waals surface area contributed by atoms with Gasteiger partial charge in [0, 0.05) is 18.9 Å². The van der Waals surface area contributed by atoms with Crippen LogP contribution in [-0.2, 0) is 4.79 Å². The third-order valence-corrected chi connectivity index (χ3v) is 3.63. The molecule has 0 saturated carbocycles. The molecule has 0 aliphatic heterocycles. The average Bonchev–Trinajstić information content (AvgIpc) is 2.56. The Morgan fingerprint density at radius 3 is 2.04 bits per heavy atom. The minimum absolute atomic E-state index is 0.913. The minimum Gasteiger partial charge on any atom is -0.478 e. The van der Waals surface area contributed by atoms with Gasteiger partial charge in [-0.15, -0.1) is 11.8 Å². The summed E-state index contributed by atoms with van der Waals surface area (Å²) in [5.74, 6) is 5.54. The van der Waals surface area contributed by atoms with Gasteiger partial charge in [0.05, 0.1) is 0 Å². The molecule has 1 N–H and O–H groups in total. The first-order valence-corrected chi connectivity index (χ1v) is 9.46. The van der Waals surface area contributed by atoms with E-state index in [9.17, 15) is 4.79 Å². The normalized spacial score (nSPS) is 11.4. The van der Waals surface area contributed by atoms with Crippen LogP contribution in [-0.4, -0.2) is 11.1 Å². The highest BCUT2D eigenvalue weighted by Crippen LogP contribution is 2.10. The van der Waals surface area contributed by atoms with E-state index in [0.29, 0.717) is 0 Å². The lowest BCUT2D eigenvalue weighted by molar-refractivity contribution is -0.131. The van der Waals surface area contributed by atoms with E-state index < -0.39 is 5.97 Å². The van der Waals surface area contributed by atoms with Gasteiger partial charge in [-0.3, -0.25) is 0 Å². The number of carboxylic acids is 1. The Kier molecular flexibility index (Phi) is 17.9. The molecule has 0 bridgehead atoms. The summed E-state index contributed by atoms with van der Waals surface area (Å²) in [6.07, 6.45) is 25.3. The molecule has 2 nitrogen and oxygen atoms in total. The molecule has 134 valence electrons. The van der Waals surface area contributed by atoms with Crippen molar-refractivity contribution in [2.45, 2.75) is 84.0 Å². The van der Waals surface area contributed by atoms with E-state index in [1.807, 2.05) is 12.2 Å². The second kappa shape index (κ2) is 19.3. The van der Waals surface area contributed by atoms with Gasteiger partial charge in [0.1, 0.15) is 0 Å². The number of unbranched alkanes of at least 4 members (excludes halogenated alkanes) is 10. The van der Waals surface area contributed by atoms with Crippen LogP contribution in [0, 0.1) is 11.8 Å². The lowest BCUT2D eigenvalue weighted by atomic mass is 10.1. The lowest BCUT2D eigenvalue weighted by Gasteiger charge is -2.00. The molecule has 0 aromatic heterocycles. The van der Waals surface area contributed by atoms with Crippen LogP contribution in [0.1, 0.15) is 84.0 Å². The Bertz CT molecular complexity index is 433. The lowest BCUT2D eigenvalue weighted by Crippen LogP contribution is -1.84. The van der Waals surface area contributed by atoms with Crippen molar-refractivity contribution >= 4 is 5.97 Å². The molecule has 0 aliphatic rings. The van der Waals surface area contributed by atoms with Crippen molar-refractivity contribution in [1.29, 1.82) is 0 Å². The molecule has 0 amide bonds. The van der Waals surface area contributed by atoms with Crippen LogP contribution in [0.15, 0.2) is 36.5 Å². The van der Waals surface area contributed by atoms with Gasteiger partial charge in [0.2, 0.25) is 0 Å². The Hall–Kier alpha value is -1.75. The number of hydrogen-bond acceptors (Lipinski definition) is 1. The third-order valence-electron chi connectivity index (χ3n) is 3.63. The van der Waals surface area contributed by atoms with Crippen LogP contribution < -0.4 is 0 Å². The van der Waals surface area contributed by atoms with E-state index in [-0.39, 0.29) is 0 Å². The largest absolute Gasteiger partial charge is 0.478 e. The summed E-state index contributed by atoms with van der Waals surface area (Å²) in [6.45, 7) is 2.17. The molecule has 0 unspecified atom stereocenters. The van der Waals surface area contributed by atoms with Crippen LogP contribution >= 0.6 is 0 Å². The van der Waals surface area contributed by atoms with Crippen LogP contribution in [0.4, 0.5) is 0 Å². The molecule has 0 radical (unpaired) electrons. The maximum atomic E-state index is 10.2. The van der Waals surface area contributed by atoms with E-state index in [1.54, 1.807) is 6.08 Å². The standard InChI is InChI=1S/C22H34O2/c1-2-3-4-5-6-7-8-9-10-11-12-13-14-15-16-17-18-19-20-21-22(23)24/h16-21H,2-3,6-15H2,1H3,(H,23,24). The van der Waals surface area contributed by atoms with Crippen LogP contribution in [0.5, 0.6) is 0 Å². The van der Waals surface area contributed by atoms with Crippen molar-refractivity contribution in [2.75, 3.05) is 0 Å².